The summed E-state index contributed by atoms with van der Waals surface area (Å²) in [6.45, 7) is 2.78. The first-order valence-corrected chi connectivity index (χ1v) is 5.64. The van der Waals surface area contributed by atoms with E-state index in [0.717, 1.165) is 36.7 Å². The van der Waals surface area contributed by atoms with Gasteiger partial charge in [-0.2, -0.15) is 0 Å². The Morgan fingerprint density at radius 2 is 2.29 bits per heavy atom. The molecule has 0 amide bonds. The van der Waals surface area contributed by atoms with E-state index in [9.17, 15) is 0 Å². The van der Waals surface area contributed by atoms with Crippen molar-refractivity contribution in [1.82, 2.24) is 0 Å². The highest BCUT2D eigenvalue weighted by molar-refractivity contribution is 5.22. The Morgan fingerprint density at radius 3 is 2.86 bits per heavy atom. The van der Waals surface area contributed by atoms with Crippen molar-refractivity contribution < 1.29 is 4.42 Å². The zero-order valence-electron chi connectivity index (χ0n) is 8.88. The normalized spacial score (nSPS) is 16.1. The van der Waals surface area contributed by atoms with Gasteiger partial charge in [0.15, 0.2) is 0 Å². The molecule has 0 aromatic carbocycles. The molecule has 1 saturated carbocycles. The minimum Gasteiger partial charge on any atom is -0.466 e. The smallest absolute Gasteiger partial charge is 0.108 e. The first-order valence-electron chi connectivity index (χ1n) is 5.64. The Hall–Kier alpha value is -0.760. The molecule has 14 heavy (non-hydrogen) atoms. The third-order valence-corrected chi connectivity index (χ3v) is 2.83. The van der Waals surface area contributed by atoms with Crippen LogP contribution in [-0.4, -0.2) is 0 Å². The molecule has 0 bridgehead atoms. The van der Waals surface area contributed by atoms with E-state index in [4.69, 9.17) is 10.2 Å². The summed E-state index contributed by atoms with van der Waals surface area (Å²) in [5.74, 6) is 3.16. The van der Waals surface area contributed by atoms with Crippen molar-refractivity contribution in [2.45, 2.75) is 45.6 Å². The van der Waals surface area contributed by atoms with Crippen LogP contribution in [0.1, 0.15) is 43.3 Å². The topological polar surface area (TPSA) is 39.2 Å². The summed E-state index contributed by atoms with van der Waals surface area (Å²) in [4.78, 5) is 0. The molecule has 1 fully saturated rings. The molecule has 1 aromatic heterocycles. The molecular weight excluding hydrogens is 174 g/mol. The van der Waals surface area contributed by atoms with Crippen molar-refractivity contribution in [2.24, 2.45) is 11.7 Å². The number of hydrogen-bond donors (Lipinski definition) is 1. The Labute approximate surface area is 85.5 Å². The van der Waals surface area contributed by atoms with Crippen LogP contribution in [0.3, 0.4) is 0 Å². The van der Waals surface area contributed by atoms with Crippen LogP contribution < -0.4 is 5.73 Å². The van der Waals surface area contributed by atoms with E-state index < -0.39 is 0 Å². The summed E-state index contributed by atoms with van der Waals surface area (Å²) in [7, 11) is 0. The standard InChI is InChI=1S/C12H19NO/c1-2-3-12-10(8-13)7-11(14-12)6-9-4-5-9/h7,9H,2-6,8,13H2,1H3. The van der Waals surface area contributed by atoms with Crippen molar-refractivity contribution in [3.8, 4) is 0 Å². The average molecular weight is 193 g/mol. The van der Waals surface area contributed by atoms with E-state index in [-0.39, 0.29) is 0 Å². The van der Waals surface area contributed by atoms with E-state index in [2.05, 4.69) is 13.0 Å². The predicted octanol–water partition coefficient (Wildman–Crippen LogP) is 2.64. The molecule has 0 spiro atoms. The molecule has 0 saturated heterocycles. The van der Waals surface area contributed by atoms with Gasteiger partial charge in [-0.05, 0) is 31.2 Å². The monoisotopic (exact) mass is 193 g/mol. The molecule has 1 aliphatic rings. The van der Waals surface area contributed by atoms with Gasteiger partial charge in [-0.15, -0.1) is 0 Å². The summed E-state index contributed by atoms with van der Waals surface area (Å²) in [5.41, 5.74) is 6.89. The van der Waals surface area contributed by atoms with E-state index in [1.54, 1.807) is 0 Å². The second-order valence-corrected chi connectivity index (χ2v) is 4.26. The maximum absolute atomic E-state index is 5.82. The lowest BCUT2D eigenvalue weighted by Gasteiger charge is -1.96. The molecular formula is C12H19NO. The summed E-state index contributed by atoms with van der Waals surface area (Å²) < 4.78 is 5.82. The molecule has 0 atom stereocenters. The molecule has 0 unspecified atom stereocenters. The van der Waals surface area contributed by atoms with Crippen LogP contribution in [0.25, 0.3) is 0 Å². The Bertz CT molecular complexity index is 299. The fourth-order valence-corrected chi connectivity index (χ4v) is 1.85. The minimum atomic E-state index is 0.615. The van der Waals surface area contributed by atoms with Crippen molar-refractivity contribution in [3.63, 3.8) is 0 Å². The lowest BCUT2D eigenvalue weighted by molar-refractivity contribution is 0.451. The van der Waals surface area contributed by atoms with E-state index in [1.165, 1.54) is 18.4 Å². The molecule has 78 valence electrons. The Kier molecular flexibility index (Phi) is 2.92. The average Bonchev–Trinajstić information content (AvgIpc) is 2.89. The van der Waals surface area contributed by atoms with Crippen LogP contribution in [0.2, 0.25) is 0 Å². The lowest BCUT2D eigenvalue weighted by atomic mass is 10.1. The van der Waals surface area contributed by atoms with Gasteiger partial charge in [0.1, 0.15) is 11.5 Å². The largest absolute Gasteiger partial charge is 0.466 e. The third-order valence-electron chi connectivity index (χ3n) is 2.83. The minimum absolute atomic E-state index is 0.615. The number of hydrogen-bond acceptors (Lipinski definition) is 2. The molecule has 2 N–H and O–H groups in total. The van der Waals surface area contributed by atoms with Crippen LogP contribution in [-0.2, 0) is 19.4 Å². The van der Waals surface area contributed by atoms with E-state index >= 15 is 0 Å². The van der Waals surface area contributed by atoms with Crippen LogP contribution in [0, 0.1) is 5.92 Å². The molecule has 1 aliphatic carbocycles. The molecule has 1 aromatic rings. The number of aryl methyl sites for hydroxylation is 1. The fourth-order valence-electron chi connectivity index (χ4n) is 1.85. The van der Waals surface area contributed by atoms with Gasteiger partial charge < -0.3 is 10.2 Å². The zero-order valence-corrected chi connectivity index (χ0v) is 8.88. The van der Waals surface area contributed by atoms with Gasteiger partial charge in [-0.1, -0.05) is 6.92 Å². The highest BCUT2D eigenvalue weighted by Gasteiger charge is 2.23. The van der Waals surface area contributed by atoms with Crippen molar-refractivity contribution in [2.75, 3.05) is 0 Å². The molecule has 2 heteroatoms. The van der Waals surface area contributed by atoms with Gasteiger partial charge in [0.2, 0.25) is 0 Å². The molecule has 0 radical (unpaired) electrons. The lowest BCUT2D eigenvalue weighted by Crippen LogP contribution is -1.97. The highest BCUT2D eigenvalue weighted by atomic mass is 16.3. The Morgan fingerprint density at radius 1 is 1.50 bits per heavy atom. The summed E-state index contributed by atoms with van der Waals surface area (Å²) in [6, 6.07) is 2.16. The summed E-state index contributed by atoms with van der Waals surface area (Å²) in [5, 5.41) is 0. The molecule has 0 aliphatic heterocycles. The first kappa shape index (κ1) is 9.78. The van der Waals surface area contributed by atoms with Gasteiger partial charge in [-0.25, -0.2) is 0 Å². The maximum Gasteiger partial charge on any atom is 0.108 e. The van der Waals surface area contributed by atoms with Crippen molar-refractivity contribution >= 4 is 0 Å². The number of nitrogens with two attached hydrogens (primary N) is 1. The second-order valence-electron chi connectivity index (χ2n) is 4.26. The van der Waals surface area contributed by atoms with Crippen molar-refractivity contribution in [3.05, 3.63) is 23.2 Å². The maximum atomic E-state index is 5.82. The van der Waals surface area contributed by atoms with Gasteiger partial charge in [0.05, 0.1) is 0 Å². The van der Waals surface area contributed by atoms with Crippen LogP contribution in [0.4, 0.5) is 0 Å². The van der Waals surface area contributed by atoms with E-state index in [1.807, 2.05) is 0 Å². The molecule has 2 rings (SSSR count). The van der Waals surface area contributed by atoms with Crippen molar-refractivity contribution in [1.29, 1.82) is 0 Å². The Balaban J connectivity index is 2.08. The highest BCUT2D eigenvalue weighted by Crippen LogP contribution is 2.33. The summed E-state index contributed by atoms with van der Waals surface area (Å²) in [6.07, 6.45) is 6.03. The van der Waals surface area contributed by atoms with Crippen LogP contribution in [0.5, 0.6) is 0 Å². The van der Waals surface area contributed by atoms with E-state index in [0.29, 0.717) is 6.54 Å². The molecule has 1 heterocycles. The third kappa shape index (κ3) is 2.18. The van der Waals surface area contributed by atoms with Crippen LogP contribution >= 0.6 is 0 Å². The SMILES string of the molecule is CCCc1oc(CC2CC2)cc1CN. The number of rotatable bonds is 5. The van der Waals surface area contributed by atoms with Gasteiger partial charge >= 0.3 is 0 Å². The van der Waals surface area contributed by atoms with Gasteiger partial charge in [0, 0.05) is 24.9 Å². The van der Waals surface area contributed by atoms with Gasteiger partial charge in [-0.3, -0.25) is 0 Å². The quantitative estimate of drug-likeness (QED) is 0.780. The second kappa shape index (κ2) is 4.18. The zero-order chi connectivity index (χ0) is 9.97. The van der Waals surface area contributed by atoms with Crippen LogP contribution in [0.15, 0.2) is 10.5 Å². The predicted molar refractivity (Wildman–Crippen MR) is 57.0 cm³/mol. The fraction of sp³-hybridized carbons (Fsp3) is 0.667. The molecule has 2 nitrogen and oxygen atoms in total. The first-order chi connectivity index (χ1) is 6.83. The summed E-state index contributed by atoms with van der Waals surface area (Å²) >= 11 is 0. The number of furan rings is 1. The van der Waals surface area contributed by atoms with Gasteiger partial charge in [0.25, 0.3) is 0 Å².